The molecule has 2 aromatic heterocycles. The maximum Gasteiger partial charge on any atom is 0.157 e. The minimum absolute atomic E-state index is 0.993. The van der Waals surface area contributed by atoms with Crippen LogP contribution < -0.4 is 5.43 Å². The molecule has 0 aliphatic rings. The van der Waals surface area contributed by atoms with E-state index in [0.717, 1.165) is 19.3 Å². The van der Waals surface area contributed by atoms with Gasteiger partial charge in [0.15, 0.2) is 8.68 Å². The highest BCUT2D eigenvalue weighted by atomic mass is 32.2. The van der Waals surface area contributed by atoms with E-state index in [9.17, 15) is 0 Å². The summed E-state index contributed by atoms with van der Waals surface area (Å²) in [4.78, 5) is 9.71. The molecule has 7 heteroatoms. The van der Waals surface area contributed by atoms with Crippen molar-refractivity contribution >= 4 is 40.7 Å². The van der Waals surface area contributed by atoms with Crippen LogP contribution in [0.3, 0.4) is 0 Å². The second-order valence-electron chi connectivity index (χ2n) is 2.87. The Morgan fingerprint density at radius 2 is 2.38 bits per heavy atom. The van der Waals surface area contributed by atoms with Crippen LogP contribution in [0, 0.1) is 6.92 Å². The molecule has 0 spiro atoms. The van der Waals surface area contributed by atoms with Crippen molar-refractivity contribution in [2.75, 3.05) is 7.05 Å². The van der Waals surface area contributed by atoms with Crippen molar-refractivity contribution in [3.63, 3.8) is 0 Å². The van der Waals surface area contributed by atoms with Gasteiger partial charge in [0.05, 0.1) is 11.1 Å². The van der Waals surface area contributed by atoms with Gasteiger partial charge in [-0.2, -0.15) is 5.10 Å². The molecule has 16 heavy (non-hydrogen) atoms. The molecule has 2 heterocycles. The standard InChI is InChI=1S/C9H10N4S3/c1-6-5-14-9(13-6)16-8-11-3-7(15-8)4-12-10-2/h3-5,10H,1-2H3/b12-4+. The third-order valence-electron chi connectivity index (χ3n) is 1.60. The molecule has 0 amide bonds. The third kappa shape index (κ3) is 3.03. The van der Waals surface area contributed by atoms with Crippen LogP contribution in [0.1, 0.15) is 10.6 Å². The van der Waals surface area contributed by atoms with E-state index in [4.69, 9.17) is 0 Å². The Labute approximate surface area is 106 Å². The third-order valence-corrected chi connectivity index (χ3v) is 4.66. The van der Waals surface area contributed by atoms with E-state index in [2.05, 4.69) is 20.5 Å². The van der Waals surface area contributed by atoms with Gasteiger partial charge in [-0.05, 0) is 18.7 Å². The smallest absolute Gasteiger partial charge is 0.157 e. The molecule has 0 aliphatic carbocycles. The van der Waals surface area contributed by atoms with Crippen LogP contribution in [0.5, 0.6) is 0 Å². The molecule has 1 N–H and O–H groups in total. The van der Waals surface area contributed by atoms with Crippen LogP contribution in [0.25, 0.3) is 0 Å². The second kappa shape index (κ2) is 5.42. The summed E-state index contributed by atoms with van der Waals surface area (Å²) in [5.74, 6) is 0. The molecule has 2 rings (SSSR count). The van der Waals surface area contributed by atoms with Gasteiger partial charge >= 0.3 is 0 Å². The van der Waals surface area contributed by atoms with E-state index in [0.29, 0.717) is 0 Å². The van der Waals surface area contributed by atoms with Gasteiger partial charge in [-0.15, -0.1) is 22.7 Å². The lowest BCUT2D eigenvalue weighted by Gasteiger charge is -1.88. The Morgan fingerprint density at radius 3 is 3.06 bits per heavy atom. The molecule has 0 unspecified atom stereocenters. The number of aryl methyl sites for hydroxylation is 1. The minimum atomic E-state index is 0.993. The lowest BCUT2D eigenvalue weighted by Crippen LogP contribution is -1.93. The molecule has 0 aliphatic heterocycles. The van der Waals surface area contributed by atoms with E-state index < -0.39 is 0 Å². The van der Waals surface area contributed by atoms with Gasteiger partial charge in [0.1, 0.15) is 0 Å². The highest BCUT2D eigenvalue weighted by molar-refractivity contribution is 8.02. The van der Waals surface area contributed by atoms with Gasteiger partial charge in [-0.3, -0.25) is 0 Å². The minimum Gasteiger partial charge on any atom is -0.313 e. The summed E-state index contributed by atoms with van der Waals surface area (Å²) >= 11 is 4.85. The zero-order chi connectivity index (χ0) is 11.4. The Balaban J connectivity index is 2.05. The van der Waals surface area contributed by atoms with E-state index in [1.165, 1.54) is 0 Å². The molecule has 4 nitrogen and oxygen atoms in total. The van der Waals surface area contributed by atoms with Crippen molar-refractivity contribution in [1.29, 1.82) is 0 Å². The first kappa shape index (κ1) is 11.6. The molecule has 0 saturated carbocycles. The fourth-order valence-corrected chi connectivity index (χ4v) is 3.87. The van der Waals surface area contributed by atoms with Gasteiger partial charge in [-0.1, -0.05) is 0 Å². The van der Waals surface area contributed by atoms with Crippen LogP contribution in [-0.4, -0.2) is 23.2 Å². The summed E-state index contributed by atoms with van der Waals surface area (Å²) in [6, 6.07) is 0. The molecule has 0 bridgehead atoms. The summed E-state index contributed by atoms with van der Waals surface area (Å²) in [7, 11) is 1.77. The lowest BCUT2D eigenvalue weighted by molar-refractivity contribution is 0.908. The van der Waals surface area contributed by atoms with Crippen molar-refractivity contribution < 1.29 is 0 Å². The number of aromatic nitrogens is 2. The predicted molar refractivity (Wildman–Crippen MR) is 69.7 cm³/mol. The van der Waals surface area contributed by atoms with Gasteiger partial charge in [0.2, 0.25) is 0 Å². The summed E-state index contributed by atoms with van der Waals surface area (Å²) in [5, 5.41) is 5.98. The Kier molecular flexibility index (Phi) is 3.92. The summed E-state index contributed by atoms with van der Waals surface area (Å²) in [6.45, 7) is 1.99. The van der Waals surface area contributed by atoms with E-state index in [1.54, 1.807) is 47.7 Å². The SMILES string of the molecule is CN/N=C/c1cnc(Sc2nc(C)cs2)s1. The molecule has 0 aromatic carbocycles. The van der Waals surface area contributed by atoms with E-state index >= 15 is 0 Å². The zero-order valence-corrected chi connectivity index (χ0v) is 11.2. The molecule has 0 fully saturated rings. The number of rotatable bonds is 4. The van der Waals surface area contributed by atoms with Crippen molar-refractivity contribution in [2.24, 2.45) is 5.10 Å². The summed E-state index contributed by atoms with van der Waals surface area (Å²) in [6.07, 6.45) is 3.57. The molecular formula is C9H10N4S3. The van der Waals surface area contributed by atoms with Gasteiger partial charge < -0.3 is 5.43 Å². The van der Waals surface area contributed by atoms with Crippen molar-refractivity contribution in [3.05, 3.63) is 22.1 Å². The number of hydrogen-bond donors (Lipinski definition) is 1. The first-order valence-electron chi connectivity index (χ1n) is 4.53. The highest BCUT2D eigenvalue weighted by Crippen LogP contribution is 2.32. The van der Waals surface area contributed by atoms with Crippen molar-refractivity contribution in [1.82, 2.24) is 15.4 Å². The topological polar surface area (TPSA) is 50.2 Å². The van der Waals surface area contributed by atoms with Crippen LogP contribution >= 0.6 is 34.4 Å². The Bertz CT molecular complexity index is 488. The number of thiazole rings is 2. The first-order valence-corrected chi connectivity index (χ1v) is 7.05. The summed E-state index contributed by atoms with van der Waals surface area (Å²) < 4.78 is 2.02. The van der Waals surface area contributed by atoms with Crippen LogP contribution in [0.15, 0.2) is 25.4 Å². The molecule has 0 saturated heterocycles. The van der Waals surface area contributed by atoms with E-state index in [1.807, 2.05) is 18.5 Å². The van der Waals surface area contributed by atoms with E-state index in [-0.39, 0.29) is 0 Å². The maximum absolute atomic E-state index is 4.38. The predicted octanol–water partition coefficient (Wildman–Crippen LogP) is 2.61. The van der Waals surface area contributed by atoms with Crippen LogP contribution in [0.2, 0.25) is 0 Å². The van der Waals surface area contributed by atoms with Gasteiger partial charge in [0, 0.05) is 24.3 Å². The molecular weight excluding hydrogens is 260 g/mol. The van der Waals surface area contributed by atoms with Crippen LogP contribution in [0.4, 0.5) is 0 Å². The number of hydrogen-bond acceptors (Lipinski definition) is 7. The van der Waals surface area contributed by atoms with Crippen molar-refractivity contribution in [3.8, 4) is 0 Å². The number of nitrogens with zero attached hydrogens (tertiary/aromatic N) is 3. The molecule has 0 radical (unpaired) electrons. The quantitative estimate of drug-likeness (QED) is 0.685. The maximum atomic E-state index is 4.38. The fourth-order valence-electron chi connectivity index (χ4n) is 0.959. The molecule has 0 atom stereocenters. The number of nitrogens with one attached hydrogen (secondary N) is 1. The average Bonchev–Trinajstić information content (AvgIpc) is 2.86. The van der Waals surface area contributed by atoms with Gasteiger partial charge in [0.25, 0.3) is 0 Å². The molecule has 84 valence electrons. The Morgan fingerprint density at radius 1 is 1.50 bits per heavy atom. The Hall–Kier alpha value is -0.920. The summed E-state index contributed by atoms with van der Waals surface area (Å²) in [5.41, 5.74) is 3.77. The second-order valence-corrected chi connectivity index (χ2v) is 6.28. The van der Waals surface area contributed by atoms with Gasteiger partial charge in [-0.25, -0.2) is 9.97 Å². The first-order chi connectivity index (χ1) is 7.78. The molecule has 2 aromatic rings. The van der Waals surface area contributed by atoms with Crippen LogP contribution in [-0.2, 0) is 0 Å². The fraction of sp³-hybridized carbons (Fsp3) is 0.222. The largest absolute Gasteiger partial charge is 0.313 e. The van der Waals surface area contributed by atoms with Crippen molar-refractivity contribution in [2.45, 2.75) is 15.6 Å². The average molecular weight is 270 g/mol. The normalized spacial score (nSPS) is 11.1. The number of hydrazone groups is 1. The highest BCUT2D eigenvalue weighted by Gasteiger charge is 2.05. The lowest BCUT2D eigenvalue weighted by atomic mass is 10.6. The monoisotopic (exact) mass is 270 g/mol. The zero-order valence-electron chi connectivity index (χ0n) is 8.80.